The second-order valence-electron chi connectivity index (χ2n) is 6.92. The number of ketones is 1. The summed E-state index contributed by atoms with van der Waals surface area (Å²) < 4.78 is 5.71. The number of nitrogens with one attached hydrogen (secondary N) is 1. The fourth-order valence-electron chi connectivity index (χ4n) is 3.26. The third kappa shape index (κ3) is 4.14. The average molecular weight is 407 g/mol. The number of amides is 1. The van der Waals surface area contributed by atoms with Crippen LogP contribution < -0.4 is 5.32 Å². The highest BCUT2D eigenvalue weighted by Crippen LogP contribution is 2.35. The molecule has 0 spiro atoms. The Kier molecular flexibility index (Phi) is 5.31. The molecule has 0 bridgehead atoms. The Labute approximate surface area is 172 Å². The van der Waals surface area contributed by atoms with Crippen molar-refractivity contribution in [3.8, 4) is 0 Å². The predicted molar refractivity (Wildman–Crippen MR) is 113 cm³/mol. The normalized spacial score (nSPS) is 16.0. The molecular weight excluding hydrogens is 386 g/mol. The van der Waals surface area contributed by atoms with Gasteiger partial charge in [-0.15, -0.1) is 11.3 Å². The molecule has 1 aliphatic heterocycles. The molecule has 0 aliphatic carbocycles. The second kappa shape index (κ2) is 8.05. The quantitative estimate of drug-likeness (QED) is 0.604. The van der Waals surface area contributed by atoms with Crippen LogP contribution in [0.15, 0.2) is 63.4 Å². The lowest BCUT2D eigenvalue weighted by Crippen LogP contribution is -2.31. The van der Waals surface area contributed by atoms with E-state index in [1.165, 1.54) is 6.92 Å². The van der Waals surface area contributed by atoms with Crippen LogP contribution in [0.2, 0.25) is 0 Å². The van der Waals surface area contributed by atoms with Crippen LogP contribution in [0.5, 0.6) is 0 Å². The summed E-state index contributed by atoms with van der Waals surface area (Å²) in [4.78, 5) is 25.4. The zero-order chi connectivity index (χ0) is 20.4. The molecule has 3 aromatic rings. The van der Waals surface area contributed by atoms with E-state index >= 15 is 0 Å². The number of hydrazone groups is 1. The minimum atomic E-state index is -0.134. The summed E-state index contributed by atoms with van der Waals surface area (Å²) in [6.07, 6.45) is 0.618. The van der Waals surface area contributed by atoms with Gasteiger partial charge >= 0.3 is 0 Å². The first-order valence-electron chi connectivity index (χ1n) is 9.36. The topological polar surface area (TPSA) is 74.9 Å². The Hall–Kier alpha value is -3.19. The van der Waals surface area contributed by atoms with E-state index in [2.05, 4.69) is 10.4 Å². The highest BCUT2D eigenvalue weighted by Gasteiger charge is 2.34. The zero-order valence-corrected chi connectivity index (χ0v) is 17.0. The zero-order valence-electron chi connectivity index (χ0n) is 16.2. The van der Waals surface area contributed by atoms with Crippen molar-refractivity contribution in [2.24, 2.45) is 5.10 Å². The maximum absolute atomic E-state index is 13.0. The minimum Gasteiger partial charge on any atom is -0.460 e. The van der Waals surface area contributed by atoms with E-state index in [-0.39, 0.29) is 24.3 Å². The largest absolute Gasteiger partial charge is 0.460 e. The van der Waals surface area contributed by atoms with Crippen molar-refractivity contribution in [2.75, 3.05) is 11.9 Å². The fraction of sp³-hybridized carbons (Fsp3) is 0.227. The molecule has 1 N–H and O–H groups in total. The number of hydrogen-bond acceptors (Lipinski definition) is 6. The van der Waals surface area contributed by atoms with Crippen molar-refractivity contribution in [3.05, 3.63) is 75.9 Å². The van der Waals surface area contributed by atoms with Crippen molar-refractivity contribution in [1.82, 2.24) is 5.01 Å². The third-order valence-corrected chi connectivity index (χ3v) is 5.77. The summed E-state index contributed by atoms with van der Waals surface area (Å²) in [7, 11) is 0. The molecule has 1 aromatic carbocycles. The van der Waals surface area contributed by atoms with E-state index in [1.807, 2.05) is 36.6 Å². The van der Waals surface area contributed by atoms with Crippen molar-refractivity contribution in [2.45, 2.75) is 26.3 Å². The van der Waals surface area contributed by atoms with E-state index in [0.29, 0.717) is 17.7 Å². The van der Waals surface area contributed by atoms with Crippen molar-refractivity contribution in [1.29, 1.82) is 0 Å². The lowest BCUT2D eigenvalue weighted by Gasteiger charge is -2.21. The van der Waals surface area contributed by atoms with Gasteiger partial charge in [0.1, 0.15) is 17.2 Å². The Bertz CT molecular complexity index is 1050. The molecule has 0 radical (unpaired) electrons. The first-order valence-corrected chi connectivity index (χ1v) is 10.2. The van der Waals surface area contributed by atoms with E-state index in [9.17, 15) is 9.59 Å². The monoisotopic (exact) mass is 407 g/mol. The molecule has 0 saturated heterocycles. The van der Waals surface area contributed by atoms with Crippen LogP contribution in [0.25, 0.3) is 0 Å². The molecular formula is C22H21N3O3S. The van der Waals surface area contributed by atoms with Gasteiger partial charge in [-0.1, -0.05) is 6.07 Å². The van der Waals surface area contributed by atoms with Gasteiger partial charge in [0, 0.05) is 22.5 Å². The van der Waals surface area contributed by atoms with Gasteiger partial charge in [0.25, 0.3) is 5.91 Å². The molecule has 4 rings (SSSR count). The van der Waals surface area contributed by atoms with E-state index < -0.39 is 0 Å². The number of hydrogen-bond donors (Lipinski definition) is 1. The first-order chi connectivity index (χ1) is 14.0. The number of aryl methyl sites for hydroxylation is 1. The van der Waals surface area contributed by atoms with Crippen molar-refractivity contribution >= 4 is 34.4 Å². The van der Waals surface area contributed by atoms with Crippen molar-refractivity contribution in [3.63, 3.8) is 0 Å². The number of carbonyl (C=O) groups is 2. The Morgan fingerprint density at radius 2 is 2.00 bits per heavy atom. The number of anilines is 1. The highest BCUT2D eigenvalue weighted by molar-refractivity contribution is 7.10. The van der Waals surface area contributed by atoms with Crippen molar-refractivity contribution < 1.29 is 14.0 Å². The molecule has 7 heteroatoms. The Balaban J connectivity index is 1.50. The number of nitrogens with zero attached hydrogens (tertiary/aromatic N) is 2. The smallest absolute Gasteiger partial charge is 0.262 e. The van der Waals surface area contributed by atoms with Crippen LogP contribution in [0.3, 0.4) is 0 Å². The average Bonchev–Trinajstić information content (AvgIpc) is 3.46. The Morgan fingerprint density at radius 3 is 2.62 bits per heavy atom. The maximum atomic E-state index is 13.0. The Morgan fingerprint density at radius 1 is 1.21 bits per heavy atom. The lowest BCUT2D eigenvalue weighted by molar-refractivity contribution is -0.131. The van der Waals surface area contributed by atoms with Gasteiger partial charge in [0.05, 0.1) is 12.6 Å². The molecule has 29 heavy (non-hydrogen) atoms. The van der Waals surface area contributed by atoms with Gasteiger partial charge in [0.2, 0.25) is 0 Å². The molecule has 2 aromatic heterocycles. The van der Waals surface area contributed by atoms with E-state index in [4.69, 9.17) is 4.42 Å². The minimum absolute atomic E-state index is 0.0125. The van der Waals surface area contributed by atoms with Gasteiger partial charge < -0.3 is 9.73 Å². The molecule has 148 valence electrons. The number of furan rings is 1. The van der Waals surface area contributed by atoms with Gasteiger partial charge in [-0.3, -0.25) is 9.59 Å². The second-order valence-corrected chi connectivity index (χ2v) is 7.90. The summed E-state index contributed by atoms with van der Waals surface area (Å²) in [5.74, 6) is 1.40. The lowest BCUT2D eigenvalue weighted by atomic mass is 10.1. The van der Waals surface area contributed by atoms with Gasteiger partial charge in [-0.25, -0.2) is 5.01 Å². The van der Waals surface area contributed by atoms with Crippen LogP contribution in [0.1, 0.15) is 46.1 Å². The maximum Gasteiger partial charge on any atom is 0.262 e. The molecule has 3 heterocycles. The number of Topliss-reactive ketones (excluding diaryl/α,β-unsaturated/α-hetero) is 1. The summed E-state index contributed by atoms with van der Waals surface area (Å²) in [6.45, 7) is 3.52. The molecule has 0 unspecified atom stereocenters. The summed E-state index contributed by atoms with van der Waals surface area (Å²) in [5, 5.41) is 11.3. The number of thiophene rings is 1. The van der Waals surface area contributed by atoms with E-state index in [0.717, 1.165) is 22.0 Å². The third-order valence-electron chi connectivity index (χ3n) is 4.80. The first kappa shape index (κ1) is 19.1. The molecule has 0 saturated carbocycles. The highest BCUT2D eigenvalue weighted by atomic mass is 32.1. The standard InChI is InChI=1S/C22H21N3O3S/c1-14-5-10-20(28-14)18-12-19(21-4-3-11-29-21)25(24-18)22(27)13-23-17-8-6-16(7-9-17)15(2)26/h3-11,19,23H,12-13H2,1-2H3/t19-/m1/s1. The van der Waals surface area contributed by atoms with Crippen LogP contribution in [0, 0.1) is 6.92 Å². The summed E-state index contributed by atoms with van der Waals surface area (Å²) in [5.41, 5.74) is 2.19. The summed E-state index contributed by atoms with van der Waals surface area (Å²) >= 11 is 1.61. The van der Waals surface area contributed by atoms with Gasteiger partial charge in [-0.2, -0.15) is 5.10 Å². The molecule has 1 atom stereocenters. The van der Waals surface area contributed by atoms with Crippen LogP contribution >= 0.6 is 11.3 Å². The fourth-order valence-corrected chi connectivity index (χ4v) is 4.07. The van der Waals surface area contributed by atoms with Gasteiger partial charge in [0.15, 0.2) is 5.78 Å². The number of rotatable bonds is 6. The van der Waals surface area contributed by atoms with E-state index in [1.54, 1.807) is 40.6 Å². The SMILES string of the molecule is CC(=O)c1ccc(NCC(=O)N2N=C(c3ccc(C)o3)C[C@@H]2c2cccs2)cc1. The van der Waals surface area contributed by atoms with Crippen LogP contribution in [0.4, 0.5) is 5.69 Å². The molecule has 6 nitrogen and oxygen atoms in total. The molecule has 0 fully saturated rings. The number of carbonyl (C=O) groups excluding carboxylic acids is 2. The number of benzene rings is 1. The van der Waals surface area contributed by atoms with Gasteiger partial charge in [-0.05, 0) is 61.7 Å². The molecule has 1 aliphatic rings. The summed E-state index contributed by atoms with van der Waals surface area (Å²) in [6, 6.07) is 14.7. The van der Waals surface area contributed by atoms with Crippen LogP contribution in [-0.4, -0.2) is 29.0 Å². The molecule has 1 amide bonds. The predicted octanol–water partition coefficient (Wildman–Crippen LogP) is 4.64. The van der Waals surface area contributed by atoms with Crippen LogP contribution in [-0.2, 0) is 4.79 Å².